The van der Waals surface area contributed by atoms with Crippen molar-refractivity contribution in [1.82, 2.24) is 9.80 Å². The van der Waals surface area contributed by atoms with Gasteiger partial charge in [0.05, 0.1) is 13.2 Å². The molecule has 0 aromatic carbocycles. The fourth-order valence-corrected chi connectivity index (χ4v) is 3.24. The number of hydrogen-bond acceptors (Lipinski definition) is 4. The minimum Gasteiger partial charge on any atom is -0.441 e. The Balaban J connectivity index is 1.92. The van der Waals surface area contributed by atoms with Crippen LogP contribution in [0.2, 0.25) is 0 Å². The highest BCUT2D eigenvalue weighted by Crippen LogP contribution is 2.34. The minimum absolute atomic E-state index is 0.0205. The Morgan fingerprint density at radius 1 is 1.43 bits per heavy atom. The highest BCUT2D eigenvalue weighted by Gasteiger charge is 2.48. The molecule has 2 fully saturated rings. The Morgan fingerprint density at radius 2 is 2.10 bits per heavy atom. The minimum atomic E-state index is -0.422. The van der Waals surface area contributed by atoms with Crippen LogP contribution in [-0.2, 0) is 9.53 Å². The molecule has 0 saturated carbocycles. The molecule has 0 bridgehead atoms. The number of hydrogen-bond donors (Lipinski definition) is 1. The highest BCUT2D eigenvalue weighted by atomic mass is 16.6. The molecule has 0 aliphatic carbocycles. The van der Waals surface area contributed by atoms with E-state index in [1.807, 2.05) is 4.90 Å². The summed E-state index contributed by atoms with van der Waals surface area (Å²) in [6.45, 7) is 5.89. The molecule has 6 heteroatoms. The molecule has 21 heavy (non-hydrogen) atoms. The molecular weight excluding hydrogens is 272 g/mol. The third-order valence-corrected chi connectivity index (χ3v) is 4.59. The van der Waals surface area contributed by atoms with Gasteiger partial charge in [0.1, 0.15) is 5.60 Å². The Bertz CT molecular complexity index is 391. The van der Waals surface area contributed by atoms with Crippen LogP contribution in [0.1, 0.15) is 46.0 Å². The van der Waals surface area contributed by atoms with Crippen LogP contribution in [0.25, 0.3) is 0 Å². The van der Waals surface area contributed by atoms with Gasteiger partial charge in [-0.15, -0.1) is 0 Å². The largest absolute Gasteiger partial charge is 0.441 e. The van der Waals surface area contributed by atoms with Gasteiger partial charge in [-0.05, 0) is 13.3 Å². The topological polar surface area (TPSA) is 70.1 Å². The van der Waals surface area contributed by atoms with Gasteiger partial charge < -0.3 is 19.6 Å². The molecule has 0 aromatic rings. The van der Waals surface area contributed by atoms with E-state index in [2.05, 4.69) is 13.8 Å². The van der Waals surface area contributed by atoms with Crippen molar-refractivity contribution in [1.29, 1.82) is 0 Å². The summed E-state index contributed by atoms with van der Waals surface area (Å²) in [7, 11) is 0. The number of amides is 2. The Morgan fingerprint density at radius 3 is 2.67 bits per heavy atom. The summed E-state index contributed by atoms with van der Waals surface area (Å²) in [6, 6.07) is 0.205. The normalized spacial score (nSPS) is 22.5. The second-order valence-electron chi connectivity index (χ2n) is 6.17. The standard InChI is InChI=1S/C15H26N2O4/c1-3-4-12(2)17-11-15(21-14(17)20)6-8-16(9-7-15)13(19)5-10-18/h12,18H,3-11H2,1-2H3. The maximum Gasteiger partial charge on any atom is 0.410 e. The quantitative estimate of drug-likeness (QED) is 0.832. The molecule has 0 radical (unpaired) electrons. The van der Waals surface area contributed by atoms with E-state index in [0.717, 1.165) is 12.8 Å². The molecule has 2 heterocycles. The first-order valence-corrected chi connectivity index (χ1v) is 7.89. The summed E-state index contributed by atoms with van der Waals surface area (Å²) in [5.41, 5.74) is -0.422. The first-order chi connectivity index (χ1) is 10.0. The van der Waals surface area contributed by atoms with Crippen molar-refractivity contribution in [3.8, 4) is 0 Å². The predicted molar refractivity (Wildman–Crippen MR) is 77.8 cm³/mol. The maximum atomic E-state index is 12.1. The van der Waals surface area contributed by atoms with Gasteiger partial charge >= 0.3 is 6.09 Å². The van der Waals surface area contributed by atoms with Gasteiger partial charge in [-0.25, -0.2) is 4.79 Å². The van der Waals surface area contributed by atoms with Gasteiger partial charge in [-0.2, -0.15) is 0 Å². The van der Waals surface area contributed by atoms with Crippen LogP contribution in [0, 0.1) is 0 Å². The zero-order valence-electron chi connectivity index (χ0n) is 13.0. The molecule has 1 atom stereocenters. The number of likely N-dealkylation sites (tertiary alicyclic amines) is 1. The van der Waals surface area contributed by atoms with Crippen molar-refractivity contribution in [2.24, 2.45) is 0 Å². The van der Waals surface area contributed by atoms with Gasteiger partial charge in [0.25, 0.3) is 0 Å². The average Bonchev–Trinajstić information content (AvgIpc) is 2.77. The fourth-order valence-electron chi connectivity index (χ4n) is 3.24. The molecule has 6 nitrogen and oxygen atoms in total. The van der Waals surface area contributed by atoms with Crippen LogP contribution >= 0.6 is 0 Å². The average molecular weight is 298 g/mol. The first-order valence-electron chi connectivity index (χ1n) is 7.89. The van der Waals surface area contributed by atoms with Gasteiger partial charge in [0.2, 0.25) is 5.91 Å². The number of aliphatic hydroxyl groups excluding tert-OH is 1. The summed E-state index contributed by atoms with van der Waals surface area (Å²) in [4.78, 5) is 27.4. The van der Waals surface area contributed by atoms with Crippen LogP contribution in [0.5, 0.6) is 0 Å². The van der Waals surface area contributed by atoms with Gasteiger partial charge in [-0.3, -0.25) is 4.79 Å². The third-order valence-electron chi connectivity index (χ3n) is 4.59. The van der Waals surface area contributed by atoms with E-state index < -0.39 is 5.60 Å². The molecule has 2 aliphatic heterocycles. The number of carbonyl (C=O) groups excluding carboxylic acids is 2. The number of aliphatic hydroxyl groups is 1. The smallest absolute Gasteiger partial charge is 0.410 e. The zero-order valence-corrected chi connectivity index (χ0v) is 13.0. The van der Waals surface area contributed by atoms with Crippen molar-refractivity contribution >= 4 is 12.0 Å². The Hall–Kier alpha value is -1.30. The summed E-state index contributed by atoms with van der Waals surface area (Å²) in [6.07, 6.45) is 3.35. The molecule has 1 spiro atoms. The van der Waals surface area contributed by atoms with E-state index in [1.54, 1.807) is 4.90 Å². The number of ether oxygens (including phenoxy) is 1. The van der Waals surface area contributed by atoms with Gasteiger partial charge in [-0.1, -0.05) is 13.3 Å². The molecule has 2 saturated heterocycles. The molecule has 1 unspecified atom stereocenters. The van der Waals surface area contributed by atoms with Crippen molar-refractivity contribution in [3.63, 3.8) is 0 Å². The van der Waals surface area contributed by atoms with Crippen LogP contribution in [0.15, 0.2) is 0 Å². The Kier molecular flexibility index (Phi) is 5.08. The van der Waals surface area contributed by atoms with E-state index in [1.165, 1.54) is 0 Å². The monoisotopic (exact) mass is 298 g/mol. The summed E-state index contributed by atoms with van der Waals surface area (Å²) < 4.78 is 5.66. The van der Waals surface area contributed by atoms with E-state index in [-0.39, 0.29) is 31.1 Å². The van der Waals surface area contributed by atoms with Crippen LogP contribution in [0.3, 0.4) is 0 Å². The summed E-state index contributed by atoms with van der Waals surface area (Å²) in [5, 5.41) is 8.83. The second-order valence-corrected chi connectivity index (χ2v) is 6.17. The van der Waals surface area contributed by atoms with Crippen molar-refractivity contribution in [2.45, 2.75) is 57.6 Å². The summed E-state index contributed by atoms with van der Waals surface area (Å²) >= 11 is 0. The predicted octanol–water partition coefficient (Wildman–Crippen LogP) is 1.37. The van der Waals surface area contributed by atoms with Crippen LogP contribution in [-0.4, -0.2) is 64.8 Å². The first kappa shape index (κ1) is 16.1. The summed E-state index contributed by atoms with van der Waals surface area (Å²) in [5.74, 6) is -0.0205. The number of piperidine rings is 1. The zero-order chi connectivity index (χ0) is 15.5. The second kappa shape index (κ2) is 6.64. The fraction of sp³-hybridized carbons (Fsp3) is 0.867. The lowest BCUT2D eigenvalue weighted by molar-refractivity contribution is -0.135. The molecule has 2 aliphatic rings. The molecule has 1 N–H and O–H groups in total. The van der Waals surface area contributed by atoms with Crippen molar-refractivity contribution < 1.29 is 19.4 Å². The van der Waals surface area contributed by atoms with Gasteiger partial charge in [0.15, 0.2) is 0 Å². The van der Waals surface area contributed by atoms with E-state index in [4.69, 9.17) is 9.84 Å². The molecule has 120 valence electrons. The van der Waals surface area contributed by atoms with Crippen molar-refractivity contribution in [2.75, 3.05) is 26.2 Å². The molecule has 2 amide bonds. The molecule has 0 aromatic heterocycles. The van der Waals surface area contributed by atoms with Gasteiger partial charge in [0, 0.05) is 38.4 Å². The lowest BCUT2D eigenvalue weighted by Crippen LogP contribution is -2.49. The lowest BCUT2D eigenvalue weighted by Gasteiger charge is -2.37. The van der Waals surface area contributed by atoms with Crippen LogP contribution < -0.4 is 0 Å². The molecular formula is C15H26N2O4. The maximum absolute atomic E-state index is 12.1. The number of rotatable bonds is 5. The van der Waals surface area contributed by atoms with E-state index in [0.29, 0.717) is 32.5 Å². The number of carbonyl (C=O) groups is 2. The molecule has 2 rings (SSSR count). The van der Waals surface area contributed by atoms with E-state index in [9.17, 15) is 9.59 Å². The van der Waals surface area contributed by atoms with Crippen LogP contribution in [0.4, 0.5) is 4.79 Å². The Labute approximate surface area is 126 Å². The number of nitrogens with zero attached hydrogens (tertiary/aromatic N) is 2. The third kappa shape index (κ3) is 3.48. The SMILES string of the molecule is CCCC(C)N1CC2(CCN(C(=O)CCO)CC2)OC1=O. The lowest BCUT2D eigenvalue weighted by atomic mass is 9.91. The van der Waals surface area contributed by atoms with E-state index >= 15 is 0 Å². The highest BCUT2D eigenvalue weighted by molar-refractivity contribution is 5.76. The van der Waals surface area contributed by atoms with Crippen molar-refractivity contribution in [3.05, 3.63) is 0 Å².